The first-order chi connectivity index (χ1) is 18.9. The maximum absolute atomic E-state index is 12.4. The number of nitrogens with one attached hydrogen (secondary N) is 2. The molecule has 192 valence electrons. The minimum Gasteiger partial charge on any atom is -0.325 e. The SMILES string of the molecule is O=C1Cc2cccc(-c3ccc4cc(CC(=O)c5ccsc5)ccc4c3)c2N1.O=C1Cc2cccc(Br)c2N1. The summed E-state index contributed by atoms with van der Waals surface area (Å²) in [4.78, 5) is 35.0. The monoisotopic (exact) mass is 594 g/mol. The van der Waals surface area contributed by atoms with E-state index >= 15 is 0 Å². The van der Waals surface area contributed by atoms with Crippen LogP contribution in [0.1, 0.15) is 27.0 Å². The number of thiophene rings is 1. The zero-order valence-electron chi connectivity index (χ0n) is 20.8. The van der Waals surface area contributed by atoms with Gasteiger partial charge >= 0.3 is 0 Å². The summed E-state index contributed by atoms with van der Waals surface area (Å²) in [5.74, 6) is 0.267. The van der Waals surface area contributed by atoms with Gasteiger partial charge in [-0.15, -0.1) is 0 Å². The standard InChI is InChI=1S/C24H17NO2S.C8H6BrNO/c26-22(20-8-9-28-14-20)11-15-4-5-17-12-18(7-6-16(17)10-15)21-3-1-2-19-13-23(27)25-24(19)21;9-6-3-1-2-5-4-7(11)10-8(5)6/h1-10,12,14H,11,13H2,(H,25,27);1-3H,4H2,(H,10,11). The number of rotatable bonds is 4. The molecule has 3 heterocycles. The summed E-state index contributed by atoms with van der Waals surface area (Å²) in [5, 5.41) is 11.8. The third-order valence-corrected chi connectivity index (χ3v) is 8.25. The summed E-state index contributed by atoms with van der Waals surface area (Å²) in [6.07, 6.45) is 1.36. The Morgan fingerprint density at radius 2 is 1.49 bits per heavy atom. The first kappa shape index (κ1) is 25.2. The number of hydrogen-bond donors (Lipinski definition) is 2. The second-order valence-electron chi connectivity index (χ2n) is 9.57. The number of amides is 2. The molecule has 0 spiro atoms. The lowest BCUT2D eigenvalue weighted by molar-refractivity contribution is -0.115. The molecular formula is C32H23BrN2O3S. The van der Waals surface area contributed by atoms with E-state index in [0.29, 0.717) is 19.3 Å². The highest BCUT2D eigenvalue weighted by Gasteiger charge is 2.21. The Hall–Kier alpha value is -4.07. The second-order valence-corrected chi connectivity index (χ2v) is 11.2. The van der Waals surface area contributed by atoms with Crippen molar-refractivity contribution in [2.24, 2.45) is 0 Å². The van der Waals surface area contributed by atoms with Crippen LogP contribution in [0.15, 0.2) is 94.1 Å². The van der Waals surface area contributed by atoms with Gasteiger partial charge in [-0.05, 0) is 72.5 Å². The molecule has 2 amide bonds. The van der Waals surface area contributed by atoms with Crippen molar-refractivity contribution in [1.29, 1.82) is 0 Å². The lowest BCUT2D eigenvalue weighted by Crippen LogP contribution is -2.04. The summed E-state index contributed by atoms with van der Waals surface area (Å²) in [6, 6.07) is 26.2. The molecule has 0 unspecified atom stereocenters. The molecule has 4 aromatic carbocycles. The zero-order valence-corrected chi connectivity index (χ0v) is 23.2. The third kappa shape index (κ3) is 5.28. The number of carbonyl (C=O) groups is 3. The number of halogens is 1. The van der Waals surface area contributed by atoms with Gasteiger partial charge in [-0.2, -0.15) is 11.3 Å². The van der Waals surface area contributed by atoms with Crippen molar-refractivity contribution in [2.75, 3.05) is 10.6 Å². The first-order valence-electron chi connectivity index (χ1n) is 12.5. The Bertz CT molecular complexity index is 1760. The summed E-state index contributed by atoms with van der Waals surface area (Å²) in [6.45, 7) is 0. The van der Waals surface area contributed by atoms with Gasteiger partial charge < -0.3 is 10.6 Å². The van der Waals surface area contributed by atoms with E-state index in [9.17, 15) is 14.4 Å². The summed E-state index contributed by atoms with van der Waals surface area (Å²) in [5.41, 5.74) is 7.89. The number of anilines is 2. The van der Waals surface area contributed by atoms with Crippen LogP contribution in [0, 0.1) is 0 Å². The van der Waals surface area contributed by atoms with E-state index in [-0.39, 0.29) is 17.6 Å². The normalized spacial score (nSPS) is 13.3. The average molecular weight is 596 g/mol. The van der Waals surface area contributed by atoms with Crippen LogP contribution in [0.3, 0.4) is 0 Å². The molecule has 0 fully saturated rings. The van der Waals surface area contributed by atoms with Crippen LogP contribution in [-0.4, -0.2) is 17.6 Å². The van der Waals surface area contributed by atoms with E-state index in [1.807, 2.05) is 59.3 Å². The van der Waals surface area contributed by atoms with Crippen LogP contribution in [0.5, 0.6) is 0 Å². The molecule has 0 saturated heterocycles. The van der Waals surface area contributed by atoms with Crippen LogP contribution < -0.4 is 10.6 Å². The number of carbonyl (C=O) groups excluding carboxylic acids is 3. The third-order valence-electron chi connectivity index (χ3n) is 6.91. The maximum atomic E-state index is 12.4. The summed E-state index contributed by atoms with van der Waals surface area (Å²) >= 11 is 4.90. The Morgan fingerprint density at radius 1 is 0.795 bits per heavy atom. The molecule has 0 saturated carbocycles. The molecule has 5 aromatic rings. The van der Waals surface area contributed by atoms with Gasteiger partial charge in [-0.25, -0.2) is 0 Å². The van der Waals surface area contributed by atoms with Gasteiger partial charge in [-0.3, -0.25) is 14.4 Å². The molecule has 0 radical (unpaired) electrons. The molecule has 39 heavy (non-hydrogen) atoms. The van der Waals surface area contributed by atoms with E-state index in [1.165, 1.54) is 0 Å². The number of Topliss-reactive ketones (excluding diaryl/α,β-unsaturated/α-hetero) is 1. The molecule has 0 bridgehead atoms. The van der Waals surface area contributed by atoms with Crippen molar-refractivity contribution in [3.63, 3.8) is 0 Å². The summed E-state index contributed by atoms with van der Waals surface area (Å²) < 4.78 is 0.959. The predicted molar refractivity (Wildman–Crippen MR) is 161 cm³/mol. The van der Waals surface area contributed by atoms with Gasteiger partial charge in [0.05, 0.1) is 24.2 Å². The smallest absolute Gasteiger partial charge is 0.228 e. The number of benzene rings is 4. The fourth-order valence-electron chi connectivity index (χ4n) is 4.99. The van der Waals surface area contributed by atoms with Crippen LogP contribution >= 0.6 is 27.3 Å². The number of hydrogen-bond acceptors (Lipinski definition) is 4. The molecule has 2 aliphatic rings. The molecular weight excluding hydrogens is 572 g/mol. The van der Waals surface area contributed by atoms with E-state index in [4.69, 9.17) is 0 Å². The van der Waals surface area contributed by atoms with Gasteiger partial charge in [0.15, 0.2) is 5.78 Å². The largest absolute Gasteiger partial charge is 0.325 e. The van der Waals surface area contributed by atoms with Gasteiger partial charge in [0.2, 0.25) is 11.8 Å². The van der Waals surface area contributed by atoms with Gasteiger partial charge in [0.1, 0.15) is 0 Å². The first-order valence-corrected chi connectivity index (χ1v) is 14.3. The minimum atomic E-state index is 0.0446. The van der Waals surface area contributed by atoms with E-state index in [0.717, 1.165) is 60.0 Å². The number of para-hydroxylation sites is 2. The Balaban J connectivity index is 0.000000210. The zero-order chi connectivity index (χ0) is 26.9. The van der Waals surface area contributed by atoms with Crippen LogP contribution in [-0.2, 0) is 28.9 Å². The quantitative estimate of drug-likeness (QED) is 0.212. The maximum Gasteiger partial charge on any atom is 0.228 e. The van der Waals surface area contributed by atoms with Crippen molar-refractivity contribution in [3.05, 3.63) is 116 Å². The van der Waals surface area contributed by atoms with Crippen LogP contribution in [0.4, 0.5) is 11.4 Å². The van der Waals surface area contributed by atoms with Crippen LogP contribution in [0.25, 0.3) is 21.9 Å². The van der Waals surface area contributed by atoms with Crippen molar-refractivity contribution < 1.29 is 14.4 Å². The van der Waals surface area contributed by atoms with Gasteiger partial charge in [0, 0.05) is 27.4 Å². The fraction of sp³-hybridized carbons (Fsp3) is 0.0938. The minimum absolute atomic E-state index is 0.0446. The highest BCUT2D eigenvalue weighted by Crippen LogP contribution is 2.36. The van der Waals surface area contributed by atoms with Crippen LogP contribution in [0.2, 0.25) is 0 Å². The summed E-state index contributed by atoms with van der Waals surface area (Å²) in [7, 11) is 0. The number of ketones is 1. The fourth-order valence-corrected chi connectivity index (χ4v) is 6.15. The Labute approximate surface area is 238 Å². The van der Waals surface area contributed by atoms with Gasteiger partial charge in [0.25, 0.3) is 0 Å². The predicted octanol–water partition coefficient (Wildman–Crippen LogP) is 7.43. The second kappa shape index (κ2) is 10.6. The molecule has 5 nitrogen and oxygen atoms in total. The van der Waals surface area contributed by atoms with E-state index in [1.54, 1.807) is 11.3 Å². The molecule has 7 rings (SSSR count). The molecule has 0 aliphatic carbocycles. The highest BCUT2D eigenvalue weighted by molar-refractivity contribution is 9.10. The Morgan fingerprint density at radius 3 is 2.23 bits per heavy atom. The average Bonchev–Trinajstić information content (AvgIpc) is 3.68. The molecule has 7 heteroatoms. The Kier molecular flexibility index (Phi) is 6.85. The highest BCUT2D eigenvalue weighted by atomic mass is 79.9. The topological polar surface area (TPSA) is 75.3 Å². The lowest BCUT2D eigenvalue weighted by Gasteiger charge is -2.10. The van der Waals surface area contributed by atoms with E-state index in [2.05, 4.69) is 56.9 Å². The molecule has 2 N–H and O–H groups in total. The van der Waals surface area contributed by atoms with Gasteiger partial charge in [-0.1, -0.05) is 60.7 Å². The lowest BCUT2D eigenvalue weighted by atomic mass is 9.96. The van der Waals surface area contributed by atoms with Crippen molar-refractivity contribution in [2.45, 2.75) is 19.3 Å². The molecule has 2 aliphatic heterocycles. The molecule has 1 aromatic heterocycles. The molecule has 0 atom stereocenters. The van der Waals surface area contributed by atoms with Crippen molar-refractivity contribution in [1.82, 2.24) is 0 Å². The van der Waals surface area contributed by atoms with E-state index < -0.39 is 0 Å². The van der Waals surface area contributed by atoms with Crippen molar-refractivity contribution >= 4 is 67.0 Å². The van der Waals surface area contributed by atoms with Crippen molar-refractivity contribution in [3.8, 4) is 11.1 Å². The number of fused-ring (bicyclic) bond motifs is 3.